The highest BCUT2D eigenvalue weighted by Gasteiger charge is 2.29. The number of primary amides is 1. The molecular formula is C11H12N2O3. The Morgan fingerprint density at radius 3 is 2.81 bits per heavy atom. The molecule has 1 aromatic carbocycles. The number of hydrogen-bond donors (Lipinski definition) is 1. The zero-order chi connectivity index (χ0) is 11.9. The van der Waals surface area contributed by atoms with Crippen molar-refractivity contribution in [1.82, 2.24) is 0 Å². The molecule has 0 aromatic heterocycles. The smallest absolute Gasteiger partial charge is 0.267 e. The van der Waals surface area contributed by atoms with Gasteiger partial charge >= 0.3 is 0 Å². The van der Waals surface area contributed by atoms with Crippen molar-refractivity contribution in [3.05, 3.63) is 23.8 Å². The number of anilines is 1. The van der Waals surface area contributed by atoms with Gasteiger partial charge in [0.1, 0.15) is 5.75 Å². The molecule has 2 N–H and O–H groups in total. The van der Waals surface area contributed by atoms with Gasteiger partial charge in [-0.3, -0.25) is 9.59 Å². The molecule has 1 aliphatic rings. The molecule has 0 radical (unpaired) electrons. The van der Waals surface area contributed by atoms with Crippen LogP contribution < -0.4 is 15.4 Å². The van der Waals surface area contributed by atoms with Crippen molar-refractivity contribution in [1.29, 1.82) is 0 Å². The summed E-state index contributed by atoms with van der Waals surface area (Å²) in [4.78, 5) is 24.1. The summed E-state index contributed by atoms with van der Waals surface area (Å²) in [6.45, 7) is 1.68. The molecule has 0 saturated carbocycles. The number of likely N-dealkylation sites (N-methyl/N-ethyl adjacent to an activating group) is 1. The summed E-state index contributed by atoms with van der Waals surface area (Å²) in [5.41, 5.74) is 6.10. The van der Waals surface area contributed by atoms with E-state index < -0.39 is 12.0 Å². The van der Waals surface area contributed by atoms with E-state index in [0.717, 1.165) is 0 Å². The normalized spacial score (nSPS) is 19.0. The van der Waals surface area contributed by atoms with E-state index in [1.165, 1.54) is 4.90 Å². The zero-order valence-corrected chi connectivity index (χ0v) is 9.06. The van der Waals surface area contributed by atoms with Gasteiger partial charge in [0.15, 0.2) is 6.10 Å². The van der Waals surface area contributed by atoms with Crippen molar-refractivity contribution in [3.8, 4) is 5.75 Å². The van der Waals surface area contributed by atoms with Gasteiger partial charge in [-0.25, -0.2) is 0 Å². The van der Waals surface area contributed by atoms with Crippen molar-refractivity contribution in [2.45, 2.75) is 13.0 Å². The third-order valence-corrected chi connectivity index (χ3v) is 2.59. The van der Waals surface area contributed by atoms with Crippen LogP contribution in [0.5, 0.6) is 5.75 Å². The van der Waals surface area contributed by atoms with E-state index in [2.05, 4.69) is 0 Å². The average molecular weight is 220 g/mol. The van der Waals surface area contributed by atoms with E-state index in [1.807, 2.05) is 0 Å². The van der Waals surface area contributed by atoms with Crippen LogP contribution in [-0.4, -0.2) is 25.0 Å². The van der Waals surface area contributed by atoms with Gasteiger partial charge in [-0.1, -0.05) is 0 Å². The topological polar surface area (TPSA) is 72.6 Å². The van der Waals surface area contributed by atoms with Crippen LogP contribution in [0.25, 0.3) is 0 Å². The van der Waals surface area contributed by atoms with Crippen molar-refractivity contribution in [2.75, 3.05) is 11.9 Å². The molecule has 1 unspecified atom stereocenters. The monoisotopic (exact) mass is 220 g/mol. The van der Waals surface area contributed by atoms with Crippen molar-refractivity contribution < 1.29 is 14.3 Å². The lowest BCUT2D eigenvalue weighted by atomic mass is 10.1. The summed E-state index contributed by atoms with van der Waals surface area (Å²) >= 11 is 0. The lowest BCUT2D eigenvalue weighted by Gasteiger charge is -2.30. The minimum atomic E-state index is -0.526. The second-order valence-electron chi connectivity index (χ2n) is 3.70. The predicted molar refractivity (Wildman–Crippen MR) is 58.5 cm³/mol. The Hall–Kier alpha value is -2.04. The third kappa shape index (κ3) is 1.50. The van der Waals surface area contributed by atoms with Crippen molar-refractivity contribution >= 4 is 17.5 Å². The predicted octanol–water partition coefficient (Wildman–Crippen LogP) is 0.529. The molecule has 2 rings (SSSR count). The minimum absolute atomic E-state index is 0.144. The average Bonchev–Trinajstić information content (AvgIpc) is 2.25. The number of amides is 2. The standard InChI is InChI=1S/C11H12N2O3/c1-6-11(15)13(2)8-5-7(10(12)14)3-4-9(8)16-6/h3-6H,1-2H3,(H2,12,14). The Bertz CT molecular complexity index is 470. The Balaban J connectivity index is 2.50. The highest BCUT2D eigenvalue weighted by molar-refractivity contribution is 6.01. The van der Waals surface area contributed by atoms with Crippen LogP contribution in [-0.2, 0) is 4.79 Å². The van der Waals surface area contributed by atoms with E-state index in [0.29, 0.717) is 17.0 Å². The van der Waals surface area contributed by atoms with Crippen LogP contribution in [0.4, 0.5) is 5.69 Å². The van der Waals surface area contributed by atoms with Crippen molar-refractivity contribution in [3.63, 3.8) is 0 Å². The molecule has 1 aromatic rings. The first kappa shape index (κ1) is 10.5. The lowest BCUT2D eigenvalue weighted by molar-refractivity contribution is -0.125. The Kier molecular flexibility index (Phi) is 2.30. The number of hydrogen-bond acceptors (Lipinski definition) is 3. The third-order valence-electron chi connectivity index (χ3n) is 2.59. The minimum Gasteiger partial charge on any atom is -0.479 e. The highest BCUT2D eigenvalue weighted by Crippen LogP contribution is 2.33. The molecule has 1 atom stereocenters. The van der Waals surface area contributed by atoms with E-state index in [1.54, 1.807) is 32.2 Å². The maximum atomic E-state index is 11.7. The van der Waals surface area contributed by atoms with Crippen LogP contribution in [0.3, 0.4) is 0 Å². The molecule has 0 fully saturated rings. The number of benzene rings is 1. The Morgan fingerprint density at radius 1 is 1.50 bits per heavy atom. The molecule has 0 bridgehead atoms. The maximum Gasteiger partial charge on any atom is 0.267 e. The van der Waals surface area contributed by atoms with Gasteiger partial charge in [-0.05, 0) is 25.1 Å². The number of nitrogens with zero attached hydrogens (tertiary/aromatic N) is 1. The molecule has 16 heavy (non-hydrogen) atoms. The Labute approximate surface area is 92.8 Å². The van der Waals surface area contributed by atoms with Gasteiger partial charge in [-0.15, -0.1) is 0 Å². The summed E-state index contributed by atoms with van der Waals surface area (Å²) in [5, 5.41) is 0. The van der Waals surface area contributed by atoms with Gasteiger partial charge in [-0.2, -0.15) is 0 Å². The fourth-order valence-corrected chi connectivity index (χ4v) is 1.66. The first-order valence-electron chi connectivity index (χ1n) is 4.89. The number of rotatable bonds is 1. The second-order valence-corrected chi connectivity index (χ2v) is 3.70. The number of fused-ring (bicyclic) bond motifs is 1. The molecule has 5 heteroatoms. The number of ether oxygens (including phenoxy) is 1. The molecule has 0 saturated heterocycles. The zero-order valence-electron chi connectivity index (χ0n) is 9.06. The van der Waals surface area contributed by atoms with Crippen LogP contribution in [0.2, 0.25) is 0 Å². The van der Waals surface area contributed by atoms with Gasteiger partial charge in [0.05, 0.1) is 5.69 Å². The fourth-order valence-electron chi connectivity index (χ4n) is 1.66. The number of nitrogens with two attached hydrogens (primary N) is 1. The van der Waals surface area contributed by atoms with Crippen LogP contribution in [0.15, 0.2) is 18.2 Å². The SMILES string of the molecule is CC1Oc2ccc(C(N)=O)cc2N(C)C1=O. The van der Waals surface area contributed by atoms with Crippen LogP contribution >= 0.6 is 0 Å². The largest absolute Gasteiger partial charge is 0.479 e. The molecule has 5 nitrogen and oxygen atoms in total. The molecule has 0 spiro atoms. The summed E-state index contributed by atoms with van der Waals surface area (Å²) in [7, 11) is 1.64. The molecule has 1 heterocycles. The summed E-state index contributed by atoms with van der Waals surface area (Å²) in [6.07, 6.45) is -0.503. The molecule has 2 amide bonds. The van der Waals surface area contributed by atoms with E-state index in [4.69, 9.17) is 10.5 Å². The fraction of sp³-hybridized carbons (Fsp3) is 0.273. The van der Waals surface area contributed by atoms with Crippen molar-refractivity contribution in [2.24, 2.45) is 5.73 Å². The quantitative estimate of drug-likeness (QED) is 0.750. The first-order valence-corrected chi connectivity index (χ1v) is 4.89. The summed E-state index contributed by atoms with van der Waals surface area (Å²) in [6, 6.07) is 4.79. The van der Waals surface area contributed by atoms with Crippen LogP contribution in [0, 0.1) is 0 Å². The summed E-state index contributed by atoms with van der Waals surface area (Å²) in [5.74, 6) is -0.0870. The van der Waals surface area contributed by atoms with Gasteiger partial charge in [0.25, 0.3) is 5.91 Å². The Morgan fingerprint density at radius 2 is 2.19 bits per heavy atom. The van der Waals surface area contributed by atoms with E-state index in [9.17, 15) is 9.59 Å². The summed E-state index contributed by atoms with van der Waals surface area (Å²) < 4.78 is 5.41. The van der Waals surface area contributed by atoms with Crippen LogP contribution in [0.1, 0.15) is 17.3 Å². The molecular weight excluding hydrogens is 208 g/mol. The second kappa shape index (κ2) is 3.52. The maximum absolute atomic E-state index is 11.7. The number of carbonyl (C=O) groups is 2. The number of carbonyl (C=O) groups excluding carboxylic acids is 2. The van der Waals surface area contributed by atoms with Gasteiger partial charge in [0.2, 0.25) is 5.91 Å². The molecule has 0 aliphatic carbocycles. The molecule has 1 aliphatic heterocycles. The highest BCUT2D eigenvalue weighted by atomic mass is 16.5. The molecule has 84 valence electrons. The lowest BCUT2D eigenvalue weighted by Crippen LogP contribution is -2.42. The van der Waals surface area contributed by atoms with E-state index >= 15 is 0 Å². The van der Waals surface area contributed by atoms with E-state index in [-0.39, 0.29) is 5.91 Å². The first-order chi connectivity index (χ1) is 7.50. The van der Waals surface area contributed by atoms with Gasteiger partial charge in [0, 0.05) is 12.6 Å². The van der Waals surface area contributed by atoms with Gasteiger partial charge < -0.3 is 15.4 Å².